The summed E-state index contributed by atoms with van der Waals surface area (Å²) < 4.78 is 3.60. The van der Waals surface area contributed by atoms with Gasteiger partial charge >= 0.3 is 0 Å². The molecule has 1 atom stereocenters. The number of rotatable bonds is 2. The van der Waals surface area contributed by atoms with Gasteiger partial charge in [-0.2, -0.15) is 0 Å². The lowest BCUT2D eigenvalue weighted by atomic mass is 10.2. The molecule has 1 nitrogen and oxygen atoms in total. The molecule has 0 bridgehead atoms. The van der Waals surface area contributed by atoms with Crippen LogP contribution < -0.4 is 0 Å². The van der Waals surface area contributed by atoms with E-state index in [0.717, 1.165) is 10.9 Å². The normalized spacial score (nSPS) is 13.3. The van der Waals surface area contributed by atoms with Crippen molar-refractivity contribution in [3.8, 4) is 0 Å². The molecule has 0 aliphatic heterocycles. The maximum absolute atomic E-state index is 3.57. The molecule has 1 unspecified atom stereocenters. The van der Waals surface area contributed by atoms with Crippen molar-refractivity contribution in [2.45, 2.75) is 26.3 Å². The molecular weight excluding hydrogens is 286 g/mol. The molecule has 0 N–H and O–H groups in total. The highest BCUT2D eigenvalue weighted by molar-refractivity contribution is 9.10. The minimum Gasteiger partial charge on any atom is -0.338 e. The van der Waals surface area contributed by atoms with Crippen molar-refractivity contribution in [3.63, 3.8) is 0 Å². The van der Waals surface area contributed by atoms with E-state index >= 15 is 0 Å². The lowest BCUT2D eigenvalue weighted by Crippen LogP contribution is -2.02. The number of nitrogens with zero attached hydrogens (tertiary/aromatic N) is 1. The van der Waals surface area contributed by atoms with Gasteiger partial charge in [0.2, 0.25) is 0 Å². The summed E-state index contributed by atoms with van der Waals surface area (Å²) in [5.41, 5.74) is 2.66. The van der Waals surface area contributed by atoms with Crippen molar-refractivity contribution >= 4 is 37.7 Å². The fourth-order valence-electron chi connectivity index (χ4n) is 2.63. The summed E-state index contributed by atoms with van der Waals surface area (Å²) >= 11 is 3.57. The van der Waals surface area contributed by atoms with Crippen molar-refractivity contribution in [1.82, 2.24) is 4.57 Å². The van der Waals surface area contributed by atoms with E-state index in [1.54, 1.807) is 0 Å². The van der Waals surface area contributed by atoms with Crippen molar-refractivity contribution in [1.29, 1.82) is 0 Å². The molecule has 1 heterocycles. The first-order valence-corrected chi connectivity index (χ1v) is 7.20. The van der Waals surface area contributed by atoms with Crippen LogP contribution >= 0.6 is 15.9 Å². The zero-order chi connectivity index (χ0) is 12.7. The lowest BCUT2D eigenvalue weighted by molar-refractivity contribution is 0.563. The lowest BCUT2D eigenvalue weighted by Gasteiger charge is -2.14. The highest BCUT2D eigenvalue weighted by Gasteiger charge is 2.13. The van der Waals surface area contributed by atoms with Gasteiger partial charge in [-0.05, 0) is 37.6 Å². The van der Waals surface area contributed by atoms with Crippen LogP contribution in [-0.4, -0.2) is 4.57 Å². The Balaban J connectivity index is 2.49. The first-order valence-electron chi connectivity index (χ1n) is 6.40. The maximum Gasteiger partial charge on any atom is 0.0494 e. The monoisotopic (exact) mass is 301 g/mol. The van der Waals surface area contributed by atoms with E-state index in [0.29, 0.717) is 6.04 Å². The molecule has 0 radical (unpaired) electrons. The quantitative estimate of drug-likeness (QED) is 0.586. The summed E-state index contributed by atoms with van der Waals surface area (Å²) in [7, 11) is 0. The van der Waals surface area contributed by atoms with Gasteiger partial charge in [0, 0.05) is 32.3 Å². The van der Waals surface area contributed by atoms with Crippen molar-refractivity contribution in [3.05, 3.63) is 46.9 Å². The first-order chi connectivity index (χ1) is 8.72. The molecule has 2 aromatic carbocycles. The third-order valence-corrected chi connectivity index (χ3v) is 4.20. The maximum atomic E-state index is 3.57. The van der Waals surface area contributed by atoms with Crippen LogP contribution in [0.1, 0.15) is 26.3 Å². The van der Waals surface area contributed by atoms with Crippen molar-refractivity contribution in [2.75, 3.05) is 0 Å². The largest absolute Gasteiger partial charge is 0.338 e. The summed E-state index contributed by atoms with van der Waals surface area (Å²) in [5.74, 6) is 0. The first kappa shape index (κ1) is 11.8. The van der Waals surface area contributed by atoms with E-state index in [-0.39, 0.29) is 0 Å². The zero-order valence-electron chi connectivity index (χ0n) is 10.7. The average Bonchev–Trinajstić information content (AvgIpc) is 2.72. The van der Waals surface area contributed by atoms with Crippen LogP contribution in [0.3, 0.4) is 0 Å². The molecule has 18 heavy (non-hydrogen) atoms. The van der Waals surface area contributed by atoms with Gasteiger partial charge in [-0.25, -0.2) is 0 Å². The predicted molar refractivity (Wildman–Crippen MR) is 82.1 cm³/mol. The molecule has 0 saturated heterocycles. The zero-order valence-corrected chi connectivity index (χ0v) is 12.2. The molecule has 92 valence electrons. The van der Waals surface area contributed by atoms with Gasteiger partial charge in [-0.3, -0.25) is 0 Å². The van der Waals surface area contributed by atoms with Gasteiger partial charge in [0.15, 0.2) is 0 Å². The number of fused-ring (bicyclic) bond motifs is 3. The average molecular weight is 302 g/mol. The Kier molecular flexibility index (Phi) is 2.90. The highest BCUT2D eigenvalue weighted by Crippen LogP contribution is 2.34. The second kappa shape index (κ2) is 4.43. The Morgan fingerprint density at radius 1 is 1.06 bits per heavy atom. The van der Waals surface area contributed by atoms with Gasteiger partial charge in [-0.15, -0.1) is 0 Å². The Morgan fingerprint density at radius 3 is 2.56 bits per heavy atom. The molecule has 0 amide bonds. The van der Waals surface area contributed by atoms with Crippen LogP contribution in [0.25, 0.3) is 21.8 Å². The third kappa shape index (κ3) is 1.67. The molecule has 2 heteroatoms. The third-order valence-electron chi connectivity index (χ3n) is 3.70. The van der Waals surface area contributed by atoms with E-state index in [2.05, 4.69) is 76.8 Å². The van der Waals surface area contributed by atoms with Crippen molar-refractivity contribution in [2.24, 2.45) is 0 Å². The number of para-hydroxylation sites is 1. The van der Waals surface area contributed by atoms with E-state index in [4.69, 9.17) is 0 Å². The van der Waals surface area contributed by atoms with Crippen LogP contribution in [0, 0.1) is 0 Å². The predicted octanol–water partition coefficient (Wildman–Crippen LogP) is 5.53. The smallest absolute Gasteiger partial charge is 0.0494 e. The SMILES string of the molecule is CCC(C)n1c2ccccc2c2cc(Br)ccc21. The highest BCUT2D eigenvalue weighted by atomic mass is 79.9. The number of aromatic nitrogens is 1. The van der Waals surface area contributed by atoms with Gasteiger partial charge in [0.05, 0.1) is 0 Å². The molecule has 1 aromatic heterocycles. The molecule has 0 fully saturated rings. The van der Waals surface area contributed by atoms with Gasteiger partial charge in [0.25, 0.3) is 0 Å². The molecule has 3 rings (SSSR count). The molecule has 0 aliphatic rings. The second-order valence-electron chi connectivity index (χ2n) is 4.81. The molecule has 0 spiro atoms. The minimum atomic E-state index is 0.522. The second-order valence-corrected chi connectivity index (χ2v) is 5.72. The van der Waals surface area contributed by atoms with Crippen LogP contribution in [-0.2, 0) is 0 Å². The fraction of sp³-hybridized carbons (Fsp3) is 0.250. The molecular formula is C16H16BrN. The van der Waals surface area contributed by atoms with Crippen LogP contribution in [0.15, 0.2) is 46.9 Å². The van der Waals surface area contributed by atoms with Gasteiger partial charge in [-0.1, -0.05) is 41.1 Å². The van der Waals surface area contributed by atoms with Gasteiger partial charge in [0.1, 0.15) is 0 Å². The summed E-state index contributed by atoms with van der Waals surface area (Å²) in [4.78, 5) is 0. The topological polar surface area (TPSA) is 4.93 Å². The van der Waals surface area contributed by atoms with Crippen LogP contribution in [0.5, 0.6) is 0 Å². The van der Waals surface area contributed by atoms with E-state index in [1.165, 1.54) is 21.8 Å². The molecule has 0 saturated carbocycles. The van der Waals surface area contributed by atoms with Crippen LogP contribution in [0.2, 0.25) is 0 Å². The minimum absolute atomic E-state index is 0.522. The van der Waals surface area contributed by atoms with Crippen LogP contribution in [0.4, 0.5) is 0 Å². The number of hydrogen-bond donors (Lipinski definition) is 0. The van der Waals surface area contributed by atoms with E-state index in [1.807, 2.05) is 0 Å². The number of benzene rings is 2. The Labute approximate surface area is 116 Å². The molecule has 3 aromatic rings. The molecule has 0 aliphatic carbocycles. The number of halogens is 1. The summed E-state index contributed by atoms with van der Waals surface area (Å²) in [6, 6.07) is 15.7. The fourth-order valence-corrected chi connectivity index (χ4v) is 2.99. The van der Waals surface area contributed by atoms with E-state index in [9.17, 15) is 0 Å². The Hall–Kier alpha value is -1.28. The summed E-state index contributed by atoms with van der Waals surface area (Å²) in [5, 5.41) is 2.68. The van der Waals surface area contributed by atoms with E-state index < -0.39 is 0 Å². The summed E-state index contributed by atoms with van der Waals surface area (Å²) in [6.07, 6.45) is 1.14. The van der Waals surface area contributed by atoms with Gasteiger partial charge < -0.3 is 4.57 Å². The number of hydrogen-bond acceptors (Lipinski definition) is 0. The Morgan fingerprint density at radius 2 is 1.78 bits per heavy atom. The summed E-state index contributed by atoms with van der Waals surface area (Å²) in [6.45, 7) is 4.53. The Bertz CT molecular complexity index is 712. The van der Waals surface area contributed by atoms with Crippen molar-refractivity contribution < 1.29 is 0 Å². The standard InChI is InChI=1S/C16H16BrN/c1-3-11(2)18-15-7-5-4-6-13(15)14-10-12(17)8-9-16(14)18/h4-11H,3H2,1-2H3.